The first kappa shape index (κ1) is 33.9. The SMILES string of the molecule is Nc1ccccc1NC(=O)CCCCC(=O)NCc1ccc([C@H]2O[C@@H](CSc3cccc[n+]3[O-])C[C@@H](c3ccc(CO)cc3)O2)cc1. The van der Waals surface area contributed by atoms with Crippen LogP contribution in [0, 0.1) is 5.21 Å². The van der Waals surface area contributed by atoms with E-state index < -0.39 is 6.29 Å². The van der Waals surface area contributed by atoms with Gasteiger partial charge in [-0.05, 0) is 47.7 Å². The van der Waals surface area contributed by atoms with Gasteiger partial charge in [-0.15, -0.1) is 0 Å². The van der Waals surface area contributed by atoms with Gasteiger partial charge in [0.15, 0.2) is 12.5 Å². The van der Waals surface area contributed by atoms with Crippen LogP contribution in [-0.4, -0.2) is 28.8 Å². The van der Waals surface area contributed by atoms with E-state index in [0.717, 1.165) is 27.0 Å². The smallest absolute Gasteiger partial charge is 0.251 e. The average Bonchev–Trinajstić information content (AvgIpc) is 3.10. The number of aliphatic hydroxyl groups excluding tert-OH is 1. The number of hydrogen-bond acceptors (Lipinski definition) is 8. The summed E-state index contributed by atoms with van der Waals surface area (Å²) in [6, 6.07) is 27.9. The number of nitrogens with one attached hydrogen (secondary N) is 2. The molecule has 246 valence electrons. The van der Waals surface area contributed by atoms with Crippen LogP contribution in [-0.2, 0) is 32.2 Å². The van der Waals surface area contributed by atoms with Gasteiger partial charge in [0.25, 0.3) is 5.03 Å². The van der Waals surface area contributed by atoms with Crippen molar-refractivity contribution in [3.8, 4) is 0 Å². The van der Waals surface area contributed by atoms with Gasteiger partial charge in [0.2, 0.25) is 11.8 Å². The van der Waals surface area contributed by atoms with Crippen molar-refractivity contribution >= 4 is 35.0 Å². The number of aliphatic hydroxyl groups is 1. The second-order valence-electron chi connectivity index (χ2n) is 11.4. The summed E-state index contributed by atoms with van der Waals surface area (Å²) < 4.78 is 13.7. The molecule has 2 heterocycles. The number of nitrogens with two attached hydrogens (primary N) is 1. The van der Waals surface area contributed by atoms with E-state index in [4.69, 9.17) is 15.2 Å². The van der Waals surface area contributed by atoms with Crippen molar-refractivity contribution < 1.29 is 28.9 Å². The van der Waals surface area contributed by atoms with E-state index in [9.17, 15) is 19.9 Å². The second kappa shape index (κ2) is 16.9. The number of aromatic nitrogens is 1. The Hall–Kier alpha value is -4.42. The molecule has 1 fully saturated rings. The standard InChI is InChI=1S/C36H40N4O6S/c37-30-7-1-2-8-31(30)39-34(43)10-4-3-9-33(42)38-22-25-12-18-28(19-13-25)36-45-29(24-47-35-11-5-6-20-40(35)44)21-32(46-36)27-16-14-26(23-41)15-17-27/h1-2,5-8,11-20,29,32,36,41H,3-4,9-10,21-24,37H2,(H,38,42)(H,39,43)/t29-,32+,36+/m1/s1. The molecule has 0 bridgehead atoms. The van der Waals surface area contributed by atoms with Crippen molar-refractivity contribution in [2.45, 2.75) is 68.8 Å². The molecule has 1 aromatic heterocycles. The number of rotatable bonds is 14. The van der Waals surface area contributed by atoms with Gasteiger partial charge < -0.3 is 36.2 Å². The van der Waals surface area contributed by atoms with E-state index >= 15 is 0 Å². The lowest BCUT2D eigenvalue weighted by molar-refractivity contribution is -0.645. The number of unbranched alkanes of at least 4 members (excludes halogenated alkanes) is 1. The number of benzene rings is 3. The Morgan fingerprint density at radius 3 is 2.28 bits per heavy atom. The minimum absolute atomic E-state index is 0.0277. The van der Waals surface area contributed by atoms with E-state index in [0.29, 0.717) is 60.8 Å². The van der Waals surface area contributed by atoms with Crippen molar-refractivity contribution in [2.24, 2.45) is 0 Å². The molecule has 3 aromatic carbocycles. The molecule has 3 atom stereocenters. The van der Waals surface area contributed by atoms with Gasteiger partial charge in [-0.3, -0.25) is 9.59 Å². The monoisotopic (exact) mass is 656 g/mol. The molecule has 47 heavy (non-hydrogen) atoms. The zero-order valence-electron chi connectivity index (χ0n) is 26.0. The molecule has 0 spiro atoms. The van der Waals surface area contributed by atoms with E-state index in [-0.39, 0.29) is 30.6 Å². The first-order valence-electron chi connectivity index (χ1n) is 15.7. The number of thioether (sulfide) groups is 1. The molecular weight excluding hydrogens is 616 g/mol. The topological polar surface area (TPSA) is 150 Å². The molecule has 1 aliphatic heterocycles. The van der Waals surface area contributed by atoms with Crippen molar-refractivity contribution in [3.05, 3.63) is 125 Å². The maximum absolute atomic E-state index is 12.4. The quantitative estimate of drug-likeness (QED) is 0.0454. The van der Waals surface area contributed by atoms with E-state index in [1.54, 1.807) is 24.3 Å². The highest BCUT2D eigenvalue weighted by atomic mass is 32.2. The van der Waals surface area contributed by atoms with E-state index in [2.05, 4.69) is 10.6 Å². The Kier molecular flexibility index (Phi) is 12.2. The van der Waals surface area contributed by atoms with Gasteiger partial charge in [0.1, 0.15) is 0 Å². The predicted octanol–water partition coefficient (Wildman–Crippen LogP) is 5.55. The Labute approximate surface area is 278 Å². The van der Waals surface area contributed by atoms with Gasteiger partial charge >= 0.3 is 0 Å². The summed E-state index contributed by atoms with van der Waals surface area (Å²) >= 11 is 1.45. The zero-order valence-corrected chi connectivity index (χ0v) is 26.9. The first-order chi connectivity index (χ1) is 22.9. The number of pyridine rings is 1. The van der Waals surface area contributed by atoms with Crippen molar-refractivity contribution in [1.29, 1.82) is 0 Å². The van der Waals surface area contributed by atoms with Crippen molar-refractivity contribution in [2.75, 3.05) is 16.8 Å². The van der Waals surface area contributed by atoms with Crippen LogP contribution in [0.25, 0.3) is 0 Å². The molecule has 11 heteroatoms. The zero-order chi connectivity index (χ0) is 33.0. The average molecular weight is 657 g/mol. The minimum atomic E-state index is -0.619. The molecule has 5 rings (SSSR count). The Morgan fingerprint density at radius 2 is 1.55 bits per heavy atom. The number of para-hydroxylation sites is 2. The van der Waals surface area contributed by atoms with Crippen LogP contribution in [0.5, 0.6) is 0 Å². The summed E-state index contributed by atoms with van der Waals surface area (Å²) in [6.07, 6.45) is 2.90. The van der Waals surface area contributed by atoms with E-state index in [1.165, 1.54) is 18.0 Å². The predicted molar refractivity (Wildman–Crippen MR) is 181 cm³/mol. The number of nitrogen functional groups attached to an aromatic ring is 1. The van der Waals surface area contributed by atoms with Crippen LogP contribution >= 0.6 is 11.8 Å². The van der Waals surface area contributed by atoms with Crippen LogP contribution in [0.1, 0.15) is 66.8 Å². The summed E-state index contributed by atoms with van der Waals surface area (Å²) in [5.74, 6) is 0.374. The number of carbonyl (C=O) groups excluding carboxylic acids is 2. The van der Waals surface area contributed by atoms with Crippen LogP contribution in [0.2, 0.25) is 0 Å². The third-order valence-corrected chi connectivity index (χ3v) is 9.01. The molecule has 10 nitrogen and oxygen atoms in total. The second-order valence-corrected chi connectivity index (χ2v) is 12.4. The molecular formula is C36H40N4O6S. The van der Waals surface area contributed by atoms with Crippen molar-refractivity contribution in [3.63, 3.8) is 0 Å². The maximum Gasteiger partial charge on any atom is 0.251 e. The largest absolute Gasteiger partial charge is 0.618 e. The molecule has 0 radical (unpaired) electrons. The van der Waals surface area contributed by atoms with Gasteiger partial charge in [-0.2, -0.15) is 4.73 Å². The number of carbonyl (C=O) groups is 2. The Balaban J connectivity index is 1.11. The molecule has 0 saturated carbocycles. The lowest BCUT2D eigenvalue weighted by atomic mass is 10.0. The van der Waals surface area contributed by atoms with Crippen LogP contribution in [0.3, 0.4) is 0 Å². The Bertz CT molecular complexity index is 1620. The molecule has 1 saturated heterocycles. The van der Waals surface area contributed by atoms with Gasteiger partial charge in [-0.25, -0.2) is 0 Å². The molecule has 0 unspecified atom stereocenters. The van der Waals surface area contributed by atoms with E-state index in [1.807, 2.05) is 66.7 Å². The fourth-order valence-corrected chi connectivity index (χ4v) is 6.14. The number of ether oxygens (including phenoxy) is 2. The Morgan fingerprint density at radius 1 is 0.872 bits per heavy atom. The van der Waals surface area contributed by atoms with Crippen LogP contribution in [0.15, 0.2) is 102 Å². The fraction of sp³-hybridized carbons (Fsp3) is 0.306. The lowest BCUT2D eigenvalue weighted by Gasteiger charge is -2.36. The minimum Gasteiger partial charge on any atom is -0.618 e. The molecule has 4 aromatic rings. The molecule has 1 aliphatic rings. The van der Waals surface area contributed by atoms with Crippen LogP contribution in [0.4, 0.5) is 11.4 Å². The maximum atomic E-state index is 12.4. The fourth-order valence-electron chi connectivity index (χ4n) is 5.20. The molecule has 5 N–H and O–H groups in total. The number of nitrogens with zero attached hydrogens (tertiary/aromatic N) is 1. The highest BCUT2D eigenvalue weighted by Crippen LogP contribution is 2.39. The summed E-state index contributed by atoms with van der Waals surface area (Å²) in [4.78, 5) is 24.6. The summed E-state index contributed by atoms with van der Waals surface area (Å²) in [5, 5.41) is 28.0. The number of amides is 2. The third-order valence-electron chi connectivity index (χ3n) is 7.85. The highest BCUT2D eigenvalue weighted by molar-refractivity contribution is 7.99. The molecule has 0 aliphatic carbocycles. The summed E-state index contributed by atoms with van der Waals surface area (Å²) in [5.41, 5.74) is 10.6. The number of anilines is 2. The first-order valence-corrected chi connectivity index (χ1v) is 16.7. The lowest BCUT2D eigenvalue weighted by Crippen LogP contribution is -2.32. The normalized spacial score (nSPS) is 17.6. The summed E-state index contributed by atoms with van der Waals surface area (Å²) in [7, 11) is 0. The van der Waals surface area contributed by atoms with Crippen molar-refractivity contribution in [1.82, 2.24) is 5.32 Å². The number of hydrogen-bond donors (Lipinski definition) is 4. The van der Waals surface area contributed by atoms with Crippen LogP contribution < -0.4 is 21.1 Å². The van der Waals surface area contributed by atoms with Gasteiger partial charge in [0, 0.05) is 49.3 Å². The third kappa shape index (κ3) is 10.0. The summed E-state index contributed by atoms with van der Waals surface area (Å²) in [6.45, 7) is 0.352. The highest BCUT2D eigenvalue weighted by Gasteiger charge is 2.32. The molecule has 2 amide bonds. The van der Waals surface area contributed by atoms with Gasteiger partial charge in [-0.1, -0.05) is 72.4 Å². The van der Waals surface area contributed by atoms with Gasteiger partial charge in [0.05, 0.1) is 30.2 Å².